The Morgan fingerprint density at radius 3 is 1.02 bits per heavy atom. The molecule has 374 valence electrons. The molecule has 3 saturated carbocycles. The Balaban J connectivity index is 0.822. The highest BCUT2D eigenvalue weighted by molar-refractivity contribution is 5.12. The molecule has 15 fully saturated rings. The molecule has 0 radical (unpaired) electrons. The van der Waals surface area contributed by atoms with E-state index in [-0.39, 0.29) is 79.7 Å². The van der Waals surface area contributed by atoms with Crippen molar-refractivity contribution in [2.45, 2.75) is 211 Å². The van der Waals surface area contributed by atoms with Crippen LogP contribution >= 0.6 is 0 Å². The summed E-state index contributed by atoms with van der Waals surface area (Å²) in [5, 5.41) is 11.8. The number of rotatable bonds is 10. The SMILES string of the molecule is C[C@@H]1CC[C@H]2[C@@H](C)C(OCC(CO)(COC3O[C@@H]4O[C@@]5(C)CC[C@H]6[C@H](C)CC[C@@H]([C@H]3C)[C@@]46OO5)COC3O[C@@H]4O[C@@]5(C)CC[C@H]6[C@H](C)CC[C@@H]([C@H]3C)[C@@]46OO5)O[C@@H]3O[C@@]4(C)CC[C@@H]1[C@]32OO4. The summed E-state index contributed by atoms with van der Waals surface area (Å²) < 4.78 is 61.7. The van der Waals surface area contributed by atoms with Crippen molar-refractivity contribution >= 4 is 0 Å². The Morgan fingerprint density at radius 2 is 0.727 bits per heavy atom. The molecule has 15 aliphatic rings. The average molecular weight is 935 g/mol. The van der Waals surface area contributed by atoms with Gasteiger partial charge < -0.3 is 47.7 Å². The number of fused-ring (bicyclic) bond motifs is 6. The van der Waals surface area contributed by atoms with Gasteiger partial charge in [-0.05, 0) is 114 Å². The Morgan fingerprint density at radius 1 is 0.424 bits per heavy atom. The topological polar surface area (TPSA) is 159 Å². The smallest absolute Gasteiger partial charge is 0.201 e. The minimum atomic E-state index is -1.08. The first-order valence-electron chi connectivity index (χ1n) is 26.1. The van der Waals surface area contributed by atoms with Gasteiger partial charge in [0.1, 0.15) is 0 Å². The van der Waals surface area contributed by atoms with Crippen LogP contribution in [0, 0.1) is 76.4 Å². The van der Waals surface area contributed by atoms with Crippen LogP contribution in [0.15, 0.2) is 0 Å². The molecular weight excluding hydrogens is 857 g/mol. The normalized spacial score (nSPS) is 58.8. The third kappa shape index (κ3) is 6.73. The molecule has 3 aliphatic carbocycles. The molecule has 0 amide bonds. The van der Waals surface area contributed by atoms with Crippen LogP contribution < -0.4 is 0 Å². The lowest BCUT2D eigenvalue weighted by Crippen LogP contribution is -2.71. The fraction of sp³-hybridized carbons (Fsp3) is 1.00. The van der Waals surface area contributed by atoms with E-state index in [2.05, 4.69) is 41.5 Å². The van der Waals surface area contributed by atoms with Gasteiger partial charge in [0, 0.05) is 54.8 Å². The van der Waals surface area contributed by atoms with Crippen molar-refractivity contribution in [3.8, 4) is 0 Å². The van der Waals surface area contributed by atoms with E-state index in [0.29, 0.717) is 17.8 Å². The molecule has 0 aromatic heterocycles. The van der Waals surface area contributed by atoms with Crippen molar-refractivity contribution in [3.05, 3.63) is 0 Å². The van der Waals surface area contributed by atoms with E-state index < -0.39 is 77.3 Å². The Bertz CT molecular complexity index is 1630. The van der Waals surface area contributed by atoms with Crippen LogP contribution in [-0.2, 0) is 72.0 Å². The molecule has 24 atom stereocenters. The molecule has 1 N–H and O–H groups in total. The number of ether oxygens (including phenoxy) is 9. The lowest BCUT2D eigenvalue weighted by atomic mass is 9.58. The third-order valence-corrected chi connectivity index (χ3v) is 20.3. The molecule has 16 nitrogen and oxygen atoms in total. The maximum absolute atomic E-state index is 11.8. The van der Waals surface area contributed by atoms with E-state index in [4.69, 9.17) is 72.0 Å². The first kappa shape index (κ1) is 46.4. The van der Waals surface area contributed by atoms with Crippen LogP contribution in [0.4, 0.5) is 0 Å². The Hall–Kier alpha value is -0.640. The highest BCUT2D eigenvalue weighted by atomic mass is 17.3. The van der Waals surface area contributed by atoms with Gasteiger partial charge in [0.05, 0.1) is 31.8 Å². The maximum Gasteiger partial charge on any atom is 0.201 e. The number of aliphatic hydroxyl groups is 1. The fourth-order valence-corrected chi connectivity index (χ4v) is 16.2. The molecule has 15 rings (SSSR count). The van der Waals surface area contributed by atoms with Gasteiger partial charge >= 0.3 is 0 Å². The van der Waals surface area contributed by atoms with Gasteiger partial charge in [-0.15, -0.1) is 0 Å². The summed E-state index contributed by atoms with van der Waals surface area (Å²) >= 11 is 0. The largest absolute Gasteiger partial charge is 0.396 e. The minimum Gasteiger partial charge on any atom is -0.396 e. The molecule has 12 heterocycles. The summed E-state index contributed by atoms with van der Waals surface area (Å²) in [5.41, 5.74) is -3.27. The van der Waals surface area contributed by atoms with Crippen LogP contribution in [0.1, 0.15) is 139 Å². The van der Waals surface area contributed by atoms with Gasteiger partial charge in [0.25, 0.3) is 0 Å². The summed E-state index contributed by atoms with van der Waals surface area (Å²) in [7, 11) is 0. The van der Waals surface area contributed by atoms with Gasteiger partial charge in [-0.25, -0.2) is 29.3 Å². The van der Waals surface area contributed by atoms with Crippen LogP contribution in [0.5, 0.6) is 0 Å². The van der Waals surface area contributed by atoms with Gasteiger partial charge in [-0.3, -0.25) is 0 Å². The van der Waals surface area contributed by atoms with Gasteiger partial charge in [0.2, 0.25) is 17.4 Å². The highest BCUT2D eigenvalue weighted by Gasteiger charge is 2.73. The monoisotopic (exact) mass is 935 g/mol. The molecule has 6 bridgehead atoms. The van der Waals surface area contributed by atoms with Gasteiger partial charge in [-0.1, -0.05) is 41.5 Å². The van der Waals surface area contributed by atoms with Crippen LogP contribution in [0.25, 0.3) is 0 Å². The maximum atomic E-state index is 11.8. The summed E-state index contributed by atoms with van der Waals surface area (Å²) in [6.45, 7) is 19.2. The first-order valence-corrected chi connectivity index (χ1v) is 26.1. The van der Waals surface area contributed by atoms with E-state index in [0.717, 1.165) is 77.0 Å². The Labute approximate surface area is 390 Å². The molecule has 0 aromatic rings. The molecule has 12 saturated heterocycles. The zero-order chi connectivity index (χ0) is 45.8. The molecule has 16 heteroatoms. The zero-order valence-electron chi connectivity index (χ0n) is 40.8. The first-order chi connectivity index (χ1) is 31.5. The van der Waals surface area contributed by atoms with E-state index in [1.54, 1.807) is 0 Å². The predicted molar refractivity (Wildman–Crippen MR) is 228 cm³/mol. The van der Waals surface area contributed by atoms with E-state index >= 15 is 0 Å². The summed E-state index contributed by atoms with van der Waals surface area (Å²) in [4.78, 5) is 37.6. The van der Waals surface area contributed by atoms with Gasteiger partial charge in [0.15, 0.2) is 54.5 Å². The van der Waals surface area contributed by atoms with Crippen LogP contribution in [0.3, 0.4) is 0 Å². The van der Waals surface area contributed by atoms with E-state index in [1.807, 2.05) is 20.8 Å². The molecular formula is C50H78O16. The van der Waals surface area contributed by atoms with Crippen LogP contribution in [-0.4, -0.2) is 103 Å². The van der Waals surface area contributed by atoms with Crippen molar-refractivity contribution in [1.29, 1.82) is 0 Å². The van der Waals surface area contributed by atoms with Crippen LogP contribution in [0.2, 0.25) is 0 Å². The molecule has 3 spiro atoms. The highest BCUT2D eigenvalue weighted by Crippen LogP contribution is 2.64. The molecule has 66 heavy (non-hydrogen) atoms. The van der Waals surface area contributed by atoms with Crippen molar-refractivity contribution < 1.29 is 77.1 Å². The Kier molecular flexibility index (Phi) is 11.4. The number of hydrogen-bond donors (Lipinski definition) is 1. The fourth-order valence-electron chi connectivity index (χ4n) is 16.2. The van der Waals surface area contributed by atoms with E-state index in [1.165, 1.54) is 0 Å². The number of hydrogen-bond acceptors (Lipinski definition) is 16. The van der Waals surface area contributed by atoms with Crippen molar-refractivity contribution in [2.75, 3.05) is 26.4 Å². The van der Waals surface area contributed by atoms with Crippen molar-refractivity contribution in [2.24, 2.45) is 76.4 Å². The third-order valence-electron chi connectivity index (χ3n) is 20.3. The summed E-state index contributed by atoms with van der Waals surface area (Å²) in [6.07, 6.45) is 7.05. The minimum absolute atomic E-state index is 0.0609. The quantitative estimate of drug-likeness (QED) is 0.213. The zero-order valence-corrected chi connectivity index (χ0v) is 40.8. The second-order valence-corrected chi connectivity index (χ2v) is 24.4. The molecule has 12 aliphatic heterocycles. The summed E-state index contributed by atoms with van der Waals surface area (Å²) in [6, 6.07) is 0. The van der Waals surface area contributed by atoms with E-state index in [9.17, 15) is 5.11 Å². The standard InChI is InChI=1S/C50H78O16/c1-26-10-13-35-29(4)38(55-41-48(35)32(26)16-19-44(7,58-41)61-64-48)52-23-47(22-51,24-53-39-30(5)36-14-11-27(2)33-17-20-45(8)59-42(56-39)49(33,36)65-62-45)25-54-40-31(6)37-15-12-28(3)34-18-21-46(9)60-43(57-40)50(34,37)66-63-46/h26-43,51H,10-25H2,1-9H3/t26-,27-,28-,29-,30-,31-,32+,33+,34+,35+,36+,37+,38?,39?,40?,41-,42-,43-,44-,45-,46-,47?,48-,49-,50-/m1/s1. The molecule has 0 aromatic carbocycles. The second kappa shape index (κ2) is 16.2. The van der Waals surface area contributed by atoms with Crippen molar-refractivity contribution in [1.82, 2.24) is 0 Å². The lowest BCUT2D eigenvalue weighted by Gasteiger charge is -2.60. The average Bonchev–Trinajstić information content (AvgIpc) is 3.78. The predicted octanol–water partition coefficient (Wildman–Crippen LogP) is 7.64. The van der Waals surface area contributed by atoms with Gasteiger partial charge in [-0.2, -0.15) is 0 Å². The lowest BCUT2D eigenvalue weighted by molar-refractivity contribution is -0.578. The summed E-state index contributed by atoms with van der Waals surface area (Å²) in [5.74, 6) is -0.744. The molecule has 3 unspecified atom stereocenters. The number of aliphatic hydroxyl groups excluding tert-OH is 1. The van der Waals surface area contributed by atoms with Crippen molar-refractivity contribution in [3.63, 3.8) is 0 Å². The second-order valence-electron chi connectivity index (χ2n) is 24.4.